The van der Waals surface area contributed by atoms with Crippen molar-refractivity contribution in [3.63, 3.8) is 0 Å². The summed E-state index contributed by atoms with van der Waals surface area (Å²) in [6, 6.07) is 18.2. The Hall–Kier alpha value is -4.22. The lowest BCUT2D eigenvalue weighted by Crippen LogP contribution is -2.20. The molecule has 0 saturated carbocycles. The van der Waals surface area contributed by atoms with Gasteiger partial charge in [0.15, 0.2) is 11.0 Å². The molecule has 4 rings (SSSR count). The topological polar surface area (TPSA) is 109 Å². The maximum atomic E-state index is 12.6. The molecule has 0 aliphatic heterocycles. The summed E-state index contributed by atoms with van der Waals surface area (Å²) in [5.41, 5.74) is 4.72. The van der Waals surface area contributed by atoms with Crippen LogP contribution in [0.3, 0.4) is 0 Å². The summed E-state index contributed by atoms with van der Waals surface area (Å²) >= 11 is 7.33. The van der Waals surface area contributed by atoms with Crippen LogP contribution in [0.4, 0.5) is 0 Å². The van der Waals surface area contributed by atoms with Crippen LogP contribution < -0.4 is 24.4 Å². The van der Waals surface area contributed by atoms with Gasteiger partial charge in [0.25, 0.3) is 5.91 Å². The van der Waals surface area contributed by atoms with Crippen molar-refractivity contribution < 1.29 is 23.7 Å². The van der Waals surface area contributed by atoms with E-state index >= 15 is 0 Å². The molecule has 0 spiro atoms. The smallest absolute Gasteiger partial charge is 0.250 e. The molecule has 0 atom stereocenters. The highest BCUT2D eigenvalue weighted by atomic mass is 35.5. The molecule has 0 radical (unpaired) electrons. The van der Waals surface area contributed by atoms with Crippen molar-refractivity contribution in [1.29, 1.82) is 0 Å². The number of hydrogen-bond acceptors (Lipinski definition) is 9. The van der Waals surface area contributed by atoms with Crippen molar-refractivity contribution in [2.24, 2.45) is 5.10 Å². The molecular weight excluding hydrogens is 542 g/mol. The van der Waals surface area contributed by atoms with E-state index in [1.165, 1.54) is 32.2 Å². The Kier molecular flexibility index (Phi) is 9.29. The minimum Gasteiger partial charge on any atom is -0.497 e. The number of hydrogen-bond donors (Lipinski definition) is 1. The number of rotatable bonds is 11. The Bertz CT molecular complexity index is 1430. The summed E-state index contributed by atoms with van der Waals surface area (Å²) in [5, 5.41) is 13.9. The van der Waals surface area contributed by atoms with E-state index in [1.54, 1.807) is 38.5 Å². The number of halogens is 1. The second-order valence-corrected chi connectivity index (χ2v) is 9.25. The maximum Gasteiger partial charge on any atom is 0.250 e. The van der Waals surface area contributed by atoms with Gasteiger partial charge in [-0.1, -0.05) is 23.4 Å². The lowest BCUT2D eigenvalue weighted by molar-refractivity contribution is -0.118. The summed E-state index contributed by atoms with van der Waals surface area (Å²) in [4.78, 5) is 12.6. The van der Waals surface area contributed by atoms with Crippen LogP contribution in [0.5, 0.6) is 23.0 Å². The van der Waals surface area contributed by atoms with Gasteiger partial charge in [-0.15, -0.1) is 10.2 Å². The predicted molar refractivity (Wildman–Crippen MR) is 151 cm³/mol. The lowest BCUT2D eigenvalue weighted by atomic mass is 10.2. The first-order valence-corrected chi connectivity index (χ1v) is 12.9. The van der Waals surface area contributed by atoms with Crippen molar-refractivity contribution >= 4 is 35.5 Å². The second kappa shape index (κ2) is 13.0. The van der Waals surface area contributed by atoms with Crippen LogP contribution in [0.15, 0.2) is 70.9 Å². The number of benzene rings is 3. The Morgan fingerprint density at radius 1 is 0.923 bits per heavy atom. The predicted octanol–water partition coefficient (Wildman–Crippen LogP) is 4.86. The minimum atomic E-state index is -0.334. The Labute approximate surface area is 234 Å². The van der Waals surface area contributed by atoms with E-state index in [1.807, 2.05) is 41.0 Å². The second-order valence-electron chi connectivity index (χ2n) is 7.87. The standard InChI is InChI=1S/C27H26ClN5O5S/c1-35-20-11-5-17(6-12-20)26-31-32-27(33(26)19-9-7-18(28)8-10-19)39-16-25(34)30-29-15-22-23(37-3)13-21(36-2)14-24(22)38-4/h5-15H,16H2,1-4H3,(H,30,34). The molecule has 1 aromatic heterocycles. The van der Waals surface area contributed by atoms with Crippen molar-refractivity contribution in [3.05, 3.63) is 71.2 Å². The van der Waals surface area contributed by atoms with Crippen molar-refractivity contribution in [2.45, 2.75) is 5.16 Å². The zero-order valence-electron chi connectivity index (χ0n) is 21.7. The summed E-state index contributed by atoms with van der Waals surface area (Å²) in [7, 11) is 6.21. The molecule has 0 aliphatic carbocycles. The van der Waals surface area contributed by atoms with Crippen LogP contribution in [0.1, 0.15) is 5.56 Å². The van der Waals surface area contributed by atoms with Gasteiger partial charge in [0.1, 0.15) is 23.0 Å². The molecule has 0 fully saturated rings. The third-order valence-corrected chi connectivity index (χ3v) is 6.72. The van der Waals surface area contributed by atoms with Gasteiger partial charge >= 0.3 is 0 Å². The summed E-state index contributed by atoms with van der Waals surface area (Å²) in [6.07, 6.45) is 1.46. The zero-order valence-corrected chi connectivity index (χ0v) is 23.2. The molecule has 1 heterocycles. The van der Waals surface area contributed by atoms with Gasteiger partial charge in [-0.25, -0.2) is 5.43 Å². The third-order valence-electron chi connectivity index (χ3n) is 5.53. The first kappa shape index (κ1) is 27.8. The number of aromatic nitrogens is 3. The van der Waals surface area contributed by atoms with Crippen molar-refractivity contribution in [1.82, 2.24) is 20.2 Å². The normalized spacial score (nSPS) is 10.9. The number of carbonyl (C=O) groups is 1. The number of amides is 1. The fourth-order valence-electron chi connectivity index (χ4n) is 3.60. The largest absolute Gasteiger partial charge is 0.497 e. The molecule has 0 bridgehead atoms. The number of ether oxygens (including phenoxy) is 4. The molecule has 39 heavy (non-hydrogen) atoms. The van der Waals surface area contributed by atoms with Gasteiger partial charge in [-0.2, -0.15) is 5.10 Å². The molecule has 0 unspecified atom stereocenters. The van der Waals surface area contributed by atoms with E-state index in [4.69, 9.17) is 30.5 Å². The molecule has 202 valence electrons. The van der Waals surface area contributed by atoms with E-state index in [9.17, 15) is 4.79 Å². The molecule has 1 amide bonds. The van der Waals surface area contributed by atoms with Crippen LogP contribution >= 0.6 is 23.4 Å². The average Bonchev–Trinajstić information content (AvgIpc) is 3.40. The summed E-state index contributed by atoms with van der Waals surface area (Å²) in [6.45, 7) is 0. The van der Waals surface area contributed by atoms with Gasteiger partial charge in [-0.3, -0.25) is 9.36 Å². The molecule has 4 aromatic rings. The monoisotopic (exact) mass is 567 g/mol. The van der Waals surface area contributed by atoms with Gasteiger partial charge in [-0.05, 0) is 48.5 Å². The van der Waals surface area contributed by atoms with Crippen molar-refractivity contribution in [2.75, 3.05) is 34.2 Å². The number of hydrazone groups is 1. The number of methoxy groups -OCH3 is 4. The first-order chi connectivity index (χ1) is 19.0. The molecule has 12 heteroatoms. The zero-order chi connectivity index (χ0) is 27.8. The summed E-state index contributed by atoms with van der Waals surface area (Å²) < 4.78 is 23.2. The maximum absolute atomic E-state index is 12.6. The molecular formula is C27H26ClN5O5S. The van der Waals surface area contributed by atoms with Gasteiger partial charge < -0.3 is 18.9 Å². The van der Waals surface area contributed by atoms with Gasteiger partial charge in [0.2, 0.25) is 0 Å². The summed E-state index contributed by atoms with van der Waals surface area (Å²) in [5.74, 6) is 2.59. The van der Waals surface area contributed by atoms with Crippen LogP contribution in [0, 0.1) is 0 Å². The molecule has 1 N–H and O–H groups in total. The SMILES string of the molecule is COc1ccc(-c2nnc(SCC(=O)NN=Cc3c(OC)cc(OC)cc3OC)n2-c2ccc(Cl)cc2)cc1. The van der Waals surface area contributed by atoms with E-state index in [2.05, 4.69) is 20.7 Å². The Morgan fingerprint density at radius 2 is 1.56 bits per heavy atom. The van der Waals surface area contributed by atoms with Gasteiger partial charge in [0, 0.05) is 28.4 Å². The van der Waals surface area contributed by atoms with Crippen LogP contribution in [-0.2, 0) is 4.79 Å². The van der Waals surface area contributed by atoms with Crippen LogP contribution in [0.25, 0.3) is 17.1 Å². The van der Waals surface area contributed by atoms with Crippen LogP contribution in [-0.4, -0.2) is 61.1 Å². The third kappa shape index (κ3) is 6.62. The molecule has 0 saturated heterocycles. The Morgan fingerprint density at radius 3 is 2.15 bits per heavy atom. The number of nitrogens with zero attached hydrogens (tertiary/aromatic N) is 4. The number of carbonyl (C=O) groups excluding carboxylic acids is 1. The number of thioether (sulfide) groups is 1. The highest BCUT2D eigenvalue weighted by molar-refractivity contribution is 7.99. The average molecular weight is 568 g/mol. The van der Waals surface area contributed by atoms with Crippen LogP contribution in [0.2, 0.25) is 5.02 Å². The minimum absolute atomic E-state index is 0.0442. The Balaban J connectivity index is 1.52. The highest BCUT2D eigenvalue weighted by Gasteiger charge is 2.18. The molecule has 10 nitrogen and oxygen atoms in total. The lowest BCUT2D eigenvalue weighted by Gasteiger charge is -2.12. The van der Waals surface area contributed by atoms with E-state index in [0.717, 1.165) is 17.0 Å². The fraction of sp³-hybridized carbons (Fsp3) is 0.185. The van der Waals surface area contributed by atoms with E-state index in [-0.39, 0.29) is 11.7 Å². The fourth-order valence-corrected chi connectivity index (χ4v) is 4.47. The highest BCUT2D eigenvalue weighted by Crippen LogP contribution is 2.33. The first-order valence-electron chi connectivity index (χ1n) is 11.6. The van der Waals surface area contributed by atoms with E-state index in [0.29, 0.717) is 38.8 Å². The molecule has 3 aromatic carbocycles. The quantitative estimate of drug-likeness (QED) is 0.155. The molecule has 0 aliphatic rings. The van der Waals surface area contributed by atoms with E-state index < -0.39 is 0 Å². The van der Waals surface area contributed by atoms with Gasteiger partial charge in [0.05, 0.1) is 46.0 Å². The van der Waals surface area contributed by atoms with Crippen molar-refractivity contribution in [3.8, 4) is 40.1 Å². The number of nitrogens with one attached hydrogen (secondary N) is 1.